The quantitative estimate of drug-likeness (QED) is 0.368. The Labute approximate surface area is 185 Å². The first-order valence-corrected chi connectivity index (χ1v) is 9.69. The summed E-state index contributed by atoms with van der Waals surface area (Å²) in [6.45, 7) is 8.53. The van der Waals surface area contributed by atoms with Crippen molar-refractivity contribution in [1.29, 1.82) is 0 Å². The lowest BCUT2D eigenvalue weighted by Crippen LogP contribution is -2.44. The van der Waals surface area contributed by atoms with Crippen molar-refractivity contribution in [2.24, 2.45) is 4.99 Å². The van der Waals surface area contributed by atoms with E-state index in [1.807, 2.05) is 12.3 Å². The smallest absolute Gasteiger partial charge is 0.191 e. The van der Waals surface area contributed by atoms with E-state index in [0.29, 0.717) is 6.54 Å². The van der Waals surface area contributed by atoms with Crippen LogP contribution in [0.3, 0.4) is 0 Å². The highest BCUT2D eigenvalue weighted by molar-refractivity contribution is 14.0. The average molecular weight is 494 g/mol. The van der Waals surface area contributed by atoms with E-state index >= 15 is 0 Å². The second kappa shape index (κ2) is 11.9. The predicted octanol–water partition coefficient (Wildman–Crippen LogP) is 2.71. The summed E-state index contributed by atoms with van der Waals surface area (Å²) in [6.07, 6.45) is 1.94. The van der Waals surface area contributed by atoms with E-state index in [1.165, 1.54) is 5.56 Å². The van der Waals surface area contributed by atoms with E-state index in [1.54, 1.807) is 0 Å². The molecule has 0 bridgehead atoms. The third-order valence-electron chi connectivity index (χ3n) is 4.70. The van der Waals surface area contributed by atoms with E-state index in [0.717, 1.165) is 56.6 Å². The Morgan fingerprint density at radius 2 is 1.75 bits per heavy atom. The standard InChI is InChI=1S/C21H30N6.HI/c1-3-22-21(24-15-18-7-5-4-6-8-18)25-17-19-9-10-20(23-16-19)27-13-11-26(2)12-14-27;/h4-10,16H,3,11-15,17H2,1-2H3,(H2,22,24,25);1H. The number of hydrogen-bond acceptors (Lipinski definition) is 4. The molecule has 2 heterocycles. The number of hydrogen-bond donors (Lipinski definition) is 2. The number of halogens is 1. The van der Waals surface area contributed by atoms with Crippen molar-refractivity contribution in [1.82, 2.24) is 20.5 Å². The molecule has 0 saturated carbocycles. The van der Waals surface area contributed by atoms with E-state index < -0.39 is 0 Å². The minimum atomic E-state index is 0. The fraction of sp³-hybridized carbons (Fsp3) is 0.429. The Hall–Kier alpha value is -1.87. The normalized spacial score (nSPS) is 15.1. The number of nitrogens with zero attached hydrogens (tertiary/aromatic N) is 4. The first-order chi connectivity index (χ1) is 13.2. The molecule has 1 aliphatic heterocycles. The third kappa shape index (κ3) is 6.94. The molecular formula is C21H31IN6. The number of anilines is 1. The number of piperazine rings is 1. The molecule has 1 saturated heterocycles. The molecule has 2 N–H and O–H groups in total. The molecule has 1 aromatic carbocycles. The highest BCUT2D eigenvalue weighted by atomic mass is 127. The average Bonchev–Trinajstić information content (AvgIpc) is 2.72. The maximum Gasteiger partial charge on any atom is 0.191 e. The molecule has 3 rings (SSSR count). The van der Waals surface area contributed by atoms with Crippen molar-refractivity contribution in [2.75, 3.05) is 44.7 Å². The topological polar surface area (TPSA) is 55.8 Å². The van der Waals surface area contributed by atoms with Gasteiger partial charge in [-0.2, -0.15) is 0 Å². The van der Waals surface area contributed by atoms with Gasteiger partial charge in [0.05, 0.1) is 6.54 Å². The Balaban J connectivity index is 0.00000280. The number of aliphatic imine (C=N–C) groups is 1. The molecular weight excluding hydrogens is 463 g/mol. The lowest BCUT2D eigenvalue weighted by Gasteiger charge is -2.33. The van der Waals surface area contributed by atoms with Crippen LogP contribution in [0.2, 0.25) is 0 Å². The van der Waals surface area contributed by atoms with Crippen molar-refractivity contribution < 1.29 is 0 Å². The van der Waals surface area contributed by atoms with Gasteiger partial charge in [0.2, 0.25) is 0 Å². The summed E-state index contributed by atoms with van der Waals surface area (Å²) in [5.74, 6) is 1.88. The first kappa shape index (κ1) is 22.4. The fourth-order valence-corrected chi connectivity index (χ4v) is 3.03. The Bertz CT molecular complexity index is 711. The van der Waals surface area contributed by atoms with Crippen LogP contribution in [0, 0.1) is 0 Å². The number of likely N-dealkylation sites (N-methyl/N-ethyl adjacent to an activating group) is 1. The number of guanidine groups is 1. The zero-order chi connectivity index (χ0) is 18.9. The molecule has 1 fully saturated rings. The lowest BCUT2D eigenvalue weighted by atomic mass is 10.2. The monoisotopic (exact) mass is 494 g/mol. The zero-order valence-electron chi connectivity index (χ0n) is 16.8. The second-order valence-electron chi connectivity index (χ2n) is 6.85. The van der Waals surface area contributed by atoms with E-state index in [2.05, 4.69) is 80.8 Å². The van der Waals surface area contributed by atoms with Gasteiger partial charge < -0.3 is 20.4 Å². The molecule has 0 radical (unpaired) electrons. The van der Waals surface area contributed by atoms with Crippen LogP contribution in [0.15, 0.2) is 53.7 Å². The zero-order valence-corrected chi connectivity index (χ0v) is 19.1. The van der Waals surface area contributed by atoms with Crippen LogP contribution < -0.4 is 15.5 Å². The largest absolute Gasteiger partial charge is 0.357 e. The molecule has 152 valence electrons. The summed E-state index contributed by atoms with van der Waals surface area (Å²) in [5, 5.41) is 6.68. The minimum absolute atomic E-state index is 0. The van der Waals surface area contributed by atoms with Crippen molar-refractivity contribution in [2.45, 2.75) is 20.0 Å². The second-order valence-corrected chi connectivity index (χ2v) is 6.85. The van der Waals surface area contributed by atoms with Gasteiger partial charge in [0.25, 0.3) is 0 Å². The molecule has 1 aromatic heterocycles. The number of pyridine rings is 1. The molecule has 2 aromatic rings. The van der Waals surface area contributed by atoms with Crippen LogP contribution >= 0.6 is 24.0 Å². The van der Waals surface area contributed by atoms with Gasteiger partial charge in [-0.1, -0.05) is 36.4 Å². The molecule has 6 nitrogen and oxygen atoms in total. The molecule has 0 atom stereocenters. The summed E-state index contributed by atoms with van der Waals surface area (Å²) in [4.78, 5) is 14.0. The van der Waals surface area contributed by atoms with Gasteiger partial charge >= 0.3 is 0 Å². The lowest BCUT2D eigenvalue weighted by molar-refractivity contribution is 0.312. The van der Waals surface area contributed by atoms with Gasteiger partial charge in [0.1, 0.15) is 5.82 Å². The van der Waals surface area contributed by atoms with Gasteiger partial charge in [-0.25, -0.2) is 9.98 Å². The van der Waals surface area contributed by atoms with Crippen molar-refractivity contribution >= 4 is 35.8 Å². The predicted molar refractivity (Wildman–Crippen MR) is 127 cm³/mol. The highest BCUT2D eigenvalue weighted by Crippen LogP contribution is 2.14. The maximum atomic E-state index is 4.69. The van der Waals surface area contributed by atoms with Crippen LogP contribution in [-0.2, 0) is 13.1 Å². The number of benzene rings is 1. The summed E-state index contributed by atoms with van der Waals surface area (Å²) >= 11 is 0. The van der Waals surface area contributed by atoms with Crippen molar-refractivity contribution in [3.05, 3.63) is 59.8 Å². The van der Waals surface area contributed by atoms with Crippen molar-refractivity contribution in [3.8, 4) is 0 Å². The van der Waals surface area contributed by atoms with Gasteiger partial charge in [-0.05, 0) is 31.2 Å². The van der Waals surface area contributed by atoms with Crippen LogP contribution in [0.25, 0.3) is 0 Å². The Kier molecular flexibility index (Phi) is 9.49. The summed E-state index contributed by atoms with van der Waals surface area (Å²) in [7, 11) is 2.17. The van der Waals surface area contributed by atoms with Gasteiger partial charge in [-0.15, -0.1) is 24.0 Å². The molecule has 0 aliphatic carbocycles. The summed E-state index contributed by atoms with van der Waals surface area (Å²) in [5.41, 5.74) is 2.35. The molecule has 28 heavy (non-hydrogen) atoms. The molecule has 0 spiro atoms. The van der Waals surface area contributed by atoms with E-state index in [-0.39, 0.29) is 24.0 Å². The Morgan fingerprint density at radius 3 is 2.39 bits per heavy atom. The van der Waals surface area contributed by atoms with Gasteiger partial charge in [-0.3, -0.25) is 0 Å². The van der Waals surface area contributed by atoms with Gasteiger partial charge in [0, 0.05) is 45.5 Å². The summed E-state index contributed by atoms with van der Waals surface area (Å²) < 4.78 is 0. The van der Waals surface area contributed by atoms with E-state index in [4.69, 9.17) is 0 Å². The van der Waals surface area contributed by atoms with Crippen LogP contribution in [0.5, 0.6) is 0 Å². The minimum Gasteiger partial charge on any atom is -0.357 e. The highest BCUT2D eigenvalue weighted by Gasteiger charge is 2.14. The maximum absolute atomic E-state index is 4.69. The fourth-order valence-electron chi connectivity index (χ4n) is 3.03. The third-order valence-corrected chi connectivity index (χ3v) is 4.70. The van der Waals surface area contributed by atoms with Crippen LogP contribution in [0.4, 0.5) is 5.82 Å². The molecule has 0 amide bonds. The van der Waals surface area contributed by atoms with Gasteiger partial charge in [0.15, 0.2) is 5.96 Å². The van der Waals surface area contributed by atoms with Crippen LogP contribution in [0.1, 0.15) is 18.1 Å². The number of nitrogens with one attached hydrogen (secondary N) is 2. The molecule has 7 heteroatoms. The molecule has 1 aliphatic rings. The number of rotatable bonds is 6. The Morgan fingerprint density at radius 1 is 1.00 bits per heavy atom. The molecule has 0 unspecified atom stereocenters. The van der Waals surface area contributed by atoms with Crippen molar-refractivity contribution in [3.63, 3.8) is 0 Å². The van der Waals surface area contributed by atoms with Crippen LogP contribution in [-0.4, -0.2) is 55.6 Å². The SMILES string of the molecule is CCNC(=NCc1ccc(N2CCN(C)CC2)nc1)NCc1ccccc1.I. The number of aromatic nitrogens is 1. The summed E-state index contributed by atoms with van der Waals surface area (Å²) in [6, 6.07) is 14.6. The first-order valence-electron chi connectivity index (χ1n) is 9.69. The van der Waals surface area contributed by atoms with E-state index in [9.17, 15) is 0 Å².